The predicted octanol–water partition coefficient (Wildman–Crippen LogP) is 5.95. The molecule has 3 aromatic rings. The van der Waals surface area contributed by atoms with E-state index in [1.807, 2.05) is 32.2 Å². The zero-order valence-corrected chi connectivity index (χ0v) is 22.5. The molecule has 37 heavy (non-hydrogen) atoms. The third kappa shape index (κ3) is 5.91. The summed E-state index contributed by atoms with van der Waals surface area (Å²) in [6, 6.07) is 18.6. The largest absolute Gasteiger partial charge is 0.488 e. The average molecular weight is 502 g/mol. The zero-order valence-electron chi connectivity index (χ0n) is 22.5. The van der Waals surface area contributed by atoms with Crippen molar-refractivity contribution in [3.05, 3.63) is 88.0 Å². The van der Waals surface area contributed by atoms with E-state index in [1.165, 1.54) is 16.7 Å². The van der Waals surface area contributed by atoms with Gasteiger partial charge in [0.15, 0.2) is 0 Å². The number of nitrogens with one attached hydrogen (secondary N) is 1. The van der Waals surface area contributed by atoms with Crippen LogP contribution in [0.25, 0.3) is 0 Å². The van der Waals surface area contributed by atoms with Gasteiger partial charge < -0.3 is 20.9 Å². The number of para-hydroxylation sites is 1. The Bertz CT molecular complexity index is 1270. The standard InChI is InChI=1S/C31H39N3O3/c1-19(2)29-18-34(16-23-8-6-7-9-28(23)37-29)17-24-14-22(11-10-20(24)3)26(15-30(35)36)25-12-13-27(33-5)31(32)21(25)4/h6-14,19,26,29,33H,15-18,32H2,1-5H3,(H,35,36). The third-order valence-corrected chi connectivity index (χ3v) is 7.58. The summed E-state index contributed by atoms with van der Waals surface area (Å²) in [5, 5.41) is 12.9. The number of hydrogen-bond acceptors (Lipinski definition) is 5. The molecule has 2 atom stereocenters. The number of nitrogens with zero attached hydrogens (tertiary/aromatic N) is 1. The summed E-state index contributed by atoms with van der Waals surface area (Å²) >= 11 is 0. The summed E-state index contributed by atoms with van der Waals surface area (Å²) in [4.78, 5) is 14.4. The fourth-order valence-corrected chi connectivity index (χ4v) is 5.22. The molecule has 0 fully saturated rings. The van der Waals surface area contributed by atoms with E-state index in [-0.39, 0.29) is 18.4 Å². The first-order valence-electron chi connectivity index (χ1n) is 13.0. The highest BCUT2D eigenvalue weighted by atomic mass is 16.5. The van der Waals surface area contributed by atoms with Crippen LogP contribution in [0.2, 0.25) is 0 Å². The minimum absolute atomic E-state index is 0.00202. The van der Waals surface area contributed by atoms with Crippen LogP contribution in [-0.4, -0.2) is 35.7 Å². The highest BCUT2D eigenvalue weighted by Gasteiger charge is 2.26. The summed E-state index contributed by atoms with van der Waals surface area (Å²) in [6.45, 7) is 10.9. The lowest BCUT2D eigenvalue weighted by atomic mass is 9.84. The van der Waals surface area contributed by atoms with Gasteiger partial charge in [-0.1, -0.05) is 56.3 Å². The van der Waals surface area contributed by atoms with Gasteiger partial charge in [-0.3, -0.25) is 9.69 Å². The van der Waals surface area contributed by atoms with E-state index >= 15 is 0 Å². The second-order valence-electron chi connectivity index (χ2n) is 10.5. The summed E-state index contributed by atoms with van der Waals surface area (Å²) in [5.74, 6) is 0.231. The van der Waals surface area contributed by atoms with E-state index in [9.17, 15) is 9.90 Å². The number of benzene rings is 3. The van der Waals surface area contributed by atoms with Crippen LogP contribution in [0.4, 0.5) is 11.4 Å². The molecule has 0 bridgehead atoms. The summed E-state index contributed by atoms with van der Waals surface area (Å²) in [5.41, 5.74) is 14.3. The quantitative estimate of drug-likeness (QED) is 0.331. The first-order chi connectivity index (χ1) is 17.7. The number of ether oxygens (including phenoxy) is 1. The first-order valence-corrected chi connectivity index (χ1v) is 13.0. The molecule has 0 saturated carbocycles. The van der Waals surface area contributed by atoms with Crippen molar-refractivity contribution >= 4 is 17.3 Å². The molecule has 3 aromatic carbocycles. The van der Waals surface area contributed by atoms with E-state index < -0.39 is 5.97 Å². The molecule has 0 saturated heterocycles. The highest BCUT2D eigenvalue weighted by molar-refractivity contribution is 5.74. The Balaban J connectivity index is 1.69. The normalized spacial score (nSPS) is 16.5. The van der Waals surface area contributed by atoms with Crippen molar-refractivity contribution in [2.24, 2.45) is 5.92 Å². The number of nitrogens with two attached hydrogens (primary N) is 1. The molecule has 196 valence electrons. The van der Waals surface area contributed by atoms with Crippen LogP contribution < -0.4 is 15.8 Å². The van der Waals surface area contributed by atoms with Crippen molar-refractivity contribution in [2.45, 2.75) is 59.2 Å². The smallest absolute Gasteiger partial charge is 0.304 e. The van der Waals surface area contributed by atoms with Gasteiger partial charge in [0, 0.05) is 38.2 Å². The number of hydrogen-bond donors (Lipinski definition) is 3. The SMILES string of the molecule is CNc1ccc(C(CC(=O)O)c2ccc(C)c(CN3Cc4ccccc4OC(C(C)C)C3)c2)c(C)c1N. The van der Waals surface area contributed by atoms with E-state index in [0.717, 1.165) is 47.8 Å². The lowest BCUT2D eigenvalue weighted by molar-refractivity contribution is -0.137. The molecule has 4 rings (SSSR count). The topological polar surface area (TPSA) is 87.8 Å². The van der Waals surface area contributed by atoms with Crippen molar-refractivity contribution in [1.82, 2.24) is 4.90 Å². The molecule has 2 unspecified atom stereocenters. The molecule has 4 N–H and O–H groups in total. The maximum atomic E-state index is 11.9. The Labute approximate surface area is 220 Å². The molecule has 0 amide bonds. The van der Waals surface area contributed by atoms with Gasteiger partial charge in [0.1, 0.15) is 11.9 Å². The lowest BCUT2D eigenvalue weighted by Gasteiger charge is -2.27. The fraction of sp³-hybridized carbons (Fsp3) is 0.387. The maximum absolute atomic E-state index is 11.9. The molecule has 1 aliphatic rings. The Hall–Kier alpha value is -3.51. The number of anilines is 2. The molecule has 1 heterocycles. The van der Waals surface area contributed by atoms with Gasteiger partial charge in [0.25, 0.3) is 0 Å². The Kier molecular flexibility index (Phi) is 8.08. The average Bonchev–Trinajstić information content (AvgIpc) is 3.05. The minimum Gasteiger partial charge on any atom is -0.488 e. The van der Waals surface area contributed by atoms with Crippen molar-refractivity contribution in [3.8, 4) is 5.75 Å². The van der Waals surface area contributed by atoms with E-state index in [2.05, 4.69) is 67.4 Å². The fourth-order valence-electron chi connectivity index (χ4n) is 5.22. The molecule has 0 radical (unpaired) electrons. The Morgan fingerprint density at radius 1 is 1.16 bits per heavy atom. The number of nitrogen functional groups attached to an aromatic ring is 1. The van der Waals surface area contributed by atoms with Gasteiger partial charge >= 0.3 is 5.97 Å². The number of rotatable bonds is 8. The van der Waals surface area contributed by atoms with Crippen LogP contribution >= 0.6 is 0 Å². The third-order valence-electron chi connectivity index (χ3n) is 7.58. The number of aryl methyl sites for hydroxylation is 1. The van der Waals surface area contributed by atoms with Gasteiger partial charge in [0.2, 0.25) is 0 Å². The maximum Gasteiger partial charge on any atom is 0.304 e. The van der Waals surface area contributed by atoms with Crippen LogP contribution in [0, 0.1) is 19.8 Å². The highest BCUT2D eigenvalue weighted by Crippen LogP contribution is 2.36. The monoisotopic (exact) mass is 501 g/mol. The molecule has 6 heteroatoms. The second kappa shape index (κ2) is 11.3. The molecule has 6 nitrogen and oxygen atoms in total. The van der Waals surface area contributed by atoms with Crippen LogP contribution in [0.3, 0.4) is 0 Å². The minimum atomic E-state index is -0.830. The van der Waals surface area contributed by atoms with Crippen molar-refractivity contribution < 1.29 is 14.6 Å². The number of carboxylic acid groups (broad SMARTS) is 1. The van der Waals surface area contributed by atoms with Crippen molar-refractivity contribution in [2.75, 3.05) is 24.6 Å². The van der Waals surface area contributed by atoms with E-state index in [1.54, 1.807) is 0 Å². The van der Waals surface area contributed by atoms with E-state index in [4.69, 9.17) is 10.5 Å². The molecular formula is C31H39N3O3. The van der Waals surface area contributed by atoms with Crippen LogP contribution in [0.1, 0.15) is 59.6 Å². The van der Waals surface area contributed by atoms with Gasteiger partial charge in [-0.25, -0.2) is 0 Å². The van der Waals surface area contributed by atoms with E-state index in [0.29, 0.717) is 11.6 Å². The van der Waals surface area contributed by atoms with Crippen LogP contribution in [-0.2, 0) is 17.9 Å². The second-order valence-corrected chi connectivity index (χ2v) is 10.5. The van der Waals surface area contributed by atoms with Crippen LogP contribution in [0.15, 0.2) is 54.6 Å². The molecule has 1 aliphatic heterocycles. The molecular weight excluding hydrogens is 462 g/mol. The summed E-state index contributed by atoms with van der Waals surface area (Å²) < 4.78 is 6.40. The van der Waals surface area contributed by atoms with Crippen molar-refractivity contribution in [1.29, 1.82) is 0 Å². The predicted molar refractivity (Wildman–Crippen MR) is 150 cm³/mol. The molecule has 0 aromatic heterocycles. The zero-order chi connectivity index (χ0) is 26.7. The molecule has 0 spiro atoms. The van der Waals surface area contributed by atoms with Gasteiger partial charge in [-0.2, -0.15) is 0 Å². The van der Waals surface area contributed by atoms with Crippen molar-refractivity contribution in [3.63, 3.8) is 0 Å². The van der Waals surface area contributed by atoms with Crippen LogP contribution in [0.5, 0.6) is 5.75 Å². The van der Waals surface area contributed by atoms with Gasteiger partial charge in [-0.05, 0) is 59.7 Å². The number of fused-ring (bicyclic) bond motifs is 1. The summed E-state index contributed by atoms with van der Waals surface area (Å²) in [6.07, 6.45) is 0.102. The number of carboxylic acids is 1. The first kappa shape index (κ1) is 26.6. The number of carbonyl (C=O) groups is 1. The number of aliphatic carboxylic acids is 1. The Morgan fingerprint density at radius 2 is 1.92 bits per heavy atom. The van der Waals surface area contributed by atoms with Gasteiger partial charge in [0.05, 0.1) is 17.8 Å². The Morgan fingerprint density at radius 3 is 2.62 bits per heavy atom. The van der Waals surface area contributed by atoms with Gasteiger partial charge in [-0.15, -0.1) is 0 Å². The summed E-state index contributed by atoms with van der Waals surface area (Å²) in [7, 11) is 1.84. The molecule has 0 aliphatic carbocycles. The lowest BCUT2D eigenvalue weighted by Crippen LogP contribution is -2.36.